The average molecular weight is 232 g/mol. The zero-order valence-electron chi connectivity index (χ0n) is 8.13. The first-order chi connectivity index (χ1) is 6.99. The van der Waals surface area contributed by atoms with Gasteiger partial charge < -0.3 is 10.4 Å². The Balaban J connectivity index is 2.61. The number of aliphatic carboxylic acids is 1. The van der Waals surface area contributed by atoms with E-state index in [9.17, 15) is 9.18 Å². The second kappa shape index (κ2) is 5.09. The molecule has 5 heteroatoms. The number of rotatable bonds is 4. The molecule has 0 aliphatic rings. The third-order valence-corrected chi connectivity index (χ3v) is 2.12. The molecule has 1 rings (SSSR count). The Morgan fingerprint density at radius 3 is 2.80 bits per heavy atom. The predicted octanol–water partition coefficient (Wildman–Crippen LogP) is 2.04. The van der Waals surface area contributed by atoms with E-state index in [1.165, 1.54) is 19.1 Å². The highest BCUT2D eigenvalue weighted by Crippen LogP contribution is 2.13. The zero-order valence-corrected chi connectivity index (χ0v) is 8.88. The van der Waals surface area contributed by atoms with Crippen molar-refractivity contribution in [2.75, 3.05) is 0 Å². The number of carboxylic acid groups (broad SMARTS) is 1. The molecule has 15 heavy (non-hydrogen) atoms. The minimum Gasteiger partial charge on any atom is -0.480 e. The van der Waals surface area contributed by atoms with Crippen molar-refractivity contribution in [3.8, 4) is 0 Å². The molecule has 0 amide bonds. The second-order valence-corrected chi connectivity index (χ2v) is 3.65. The van der Waals surface area contributed by atoms with E-state index in [0.29, 0.717) is 10.6 Å². The van der Waals surface area contributed by atoms with E-state index in [1.54, 1.807) is 6.07 Å². The van der Waals surface area contributed by atoms with Crippen molar-refractivity contribution in [1.29, 1.82) is 0 Å². The molecular formula is C10H11ClFNO2. The standard InChI is InChI=1S/C10H11ClFNO2/c1-6(10(14)15)13-5-7-2-8(11)4-9(12)3-7/h2-4,6,13H,5H2,1H3,(H,14,15). The molecule has 1 unspecified atom stereocenters. The van der Waals surface area contributed by atoms with Gasteiger partial charge in [0.1, 0.15) is 11.9 Å². The maximum Gasteiger partial charge on any atom is 0.320 e. The van der Waals surface area contributed by atoms with Crippen molar-refractivity contribution in [2.45, 2.75) is 19.5 Å². The van der Waals surface area contributed by atoms with Gasteiger partial charge in [-0.25, -0.2) is 4.39 Å². The summed E-state index contributed by atoms with van der Waals surface area (Å²) in [6.07, 6.45) is 0. The number of benzene rings is 1. The summed E-state index contributed by atoms with van der Waals surface area (Å²) in [5.74, 6) is -1.38. The summed E-state index contributed by atoms with van der Waals surface area (Å²) < 4.78 is 12.9. The lowest BCUT2D eigenvalue weighted by Gasteiger charge is -2.09. The van der Waals surface area contributed by atoms with Gasteiger partial charge in [0.25, 0.3) is 0 Å². The molecule has 0 radical (unpaired) electrons. The van der Waals surface area contributed by atoms with Crippen LogP contribution in [-0.2, 0) is 11.3 Å². The maximum atomic E-state index is 12.9. The lowest BCUT2D eigenvalue weighted by molar-refractivity contribution is -0.139. The molecule has 0 fully saturated rings. The van der Waals surface area contributed by atoms with Gasteiger partial charge in [0.15, 0.2) is 0 Å². The van der Waals surface area contributed by atoms with Crippen LogP contribution in [0.1, 0.15) is 12.5 Å². The monoisotopic (exact) mass is 231 g/mol. The molecule has 1 atom stereocenters. The SMILES string of the molecule is CC(NCc1cc(F)cc(Cl)c1)C(=O)O. The van der Waals surface area contributed by atoms with Crippen LogP contribution in [-0.4, -0.2) is 17.1 Å². The van der Waals surface area contributed by atoms with E-state index >= 15 is 0 Å². The van der Waals surface area contributed by atoms with Crippen molar-refractivity contribution in [3.05, 3.63) is 34.6 Å². The summed E-state index contributed by atoms with van der Waals surface area (Å²) >= 11 is 5.64. The molecule has 82 valence electrons. The molecular weight excluding hydrogens is 221 g/mol. The molecule has 0 saturated heterocycles. The van der Waals surface area contributed by atoms with Crippen molar-refractivity contribution >= 4 is 17.6 Å². The minimum atomic E-state index is -0.947. The van der Waals surface area contributed by atoms with Gasteiger partial charge in [-0.3, -0.25) is 4.79 Å². The molecule has 0 aliphatic heterocycles. The van der Waals surface area contributed by atoms with Crippen LogP contribution in [0.3, 0.4) is 0 Å². The van der Waals surface area contributed by atoms with Crippen molar-refractivity contribution in [3.63, 3.8) is 0 Å². The quantitative estimate of drug-likeness (QED) is 0.834. The molecule has 0 spiro atoms. The maximum absolute atomic E-state index is 12.9. The zero-order chi connectivity index (χ0) is 11.4. The van der Waals surface area contributed by atoms with Crippen LogP contribution in [0.5, 0.6) is 0 Å². The molecule has 0 heterocycles. The van der Waals surface area contributed by atoms with E-state index in [1.807, 2.05) is 0 Å². The highest BCUT2D eigenvalue weighted by Gasteiger charge is 2.09. The third-order valence-electron chi connectivity index (χ3n) is 1.91. The molecule has 0 aromatic heterocycles. The van der Waals surface area contributed by atoms with Gasteiger partial charge in [-0.15, -0.1) is 0 Å². The Bertz CT molecular complexity index is 350. The summed E-state index contributed by atoms with van der Waals surface area (Å²) in [4.78, 5) is 10.5. The van der Waals surface area contributed by atoms with Gasteiger partial charge >= 0.3 is 5.97 Å². The summed E-state index contributed by atoms with van der Waals surface area (Å²) in [6.45, 7) is 1.79. The fourth-order valence-electron chi connectivity index (χ4n) is 1.07. The highest BCUT2D eigenvalue weighted by molar-refractivity contribution is 6.30. The van der Waals surface area contributed by atoms with Gasteiger partial charge in [-0.2, -0.15) is 0 Å². The van der Waals surface area contributed by atoms with Crippen molar-refractivity contribution in [2.24, 2.45) is 0 Å². The lowest BCUT2D eigenvalue weighted by Crippen LogP contribution is -2.33. The van der Waals surface area contributed by atoms with E-state index < -0.39 is 17.8 Å². The summed E-state index contributed by atoms with van der Waals surface area (Å²) in [6, 6.07) is 3.43. The normalized spacial score (nSPS) is 12.5. The lowest BCUT2D eigenvalue weighted by atomic mass is 10.2. The van der Waals surface area contributed by atoms with Crippen LogP contribution in [0.25, 0.3) is 0 Å². The van der Waals surface area contributed by atoms with Crippen LogP contribution in [0.4, 0.5) is 4.39 Å². The van der Waals surface area contributed by atoms with Gasteiger partial charge in [0, 0.05) is 11.6 Å². The van der Waals surface area contributed by atoms with Crippen molar-refractivity contribution < 1.29 is 14.3 Å². The Morgan fingerprint density at radius 1 is 1.60 bits per heavy atom. The summed E-state index contributed by atoms with van der Waals surface area (Å²) in [5.41, 5.74) is 0.619. The number of nitrogens with one attached hydrogen (secondary N) is 1. The number of halogens is 2. The van der Waals surface area contributed by atoms with Crippen LogP contribution >= 0.6 is 11.6 Å². The number of hydrogen-bond donors (Lipinski definition) is 2. The number of hydrogen-bond acceptors (Lipinski definition) is 2. The topological polar surface area (TPSA) is 49.3 Å². The fraction of sp³-hybridized carbons (Fsp3) is 0.300. The van der Waals surface area contributed by atoms with Gasteiger partial charge in [0.2, 0.25) is 0 Å². The minimum absolute atomic E-state index is 0.269. The smallest absolute Gasteiger partial charge is 0.320 e. The van der Waals surface area contributed by atoms with Crippen LogP contribution < -0.4 is 5.32 Å². The first-order valence-electron chi connectivity index (χ1n) is 4.40. The molecule has 0 saturated carbocycles. The van der Waals surface area contributed by atoms with Crippen LogP contribution in [0.15, 0.2) is 18.2 Å². The predicted molar refractivity (Wildman–Crippen MR) is 55.3 cm³/mol. The average Bonchev–Trinajstić information content (AvgIpc) is 2.12. The van der Waals surface area contributed by atoms with Crippen molar-refractivity contribution in [1.82, 2.24) is 5.32 Å². The summed E-state index contributed by atoms with van der Waals surface area (Å²) in [5, 5.41) is 11.6. The van der Waals surface area contributed by atoms with Crippen LogP contribution in [0.2, 0.25) is 5.02 Å². The van der Waals surface area contributed by atoms with E-state index in [-0.39, 0.29) is 6.54 Å². The molecule has 1 aromatic carbocycles. The Hall–Kier alpha value is -1.13. The van der Waals surface area contributed by atoms with E-state index in [4.69, 9.17) is 16.7 Å². The summed E-state index contributed by atoms with van der Waals surface area (Å²) in [7, 11) is 0. The second-order valence-electron chi connectivity index (χ2n) is 3.22. The number of carbonyl (C=O) groups is 1. The van der Waals surface area contributed by atoms with Gasteiger partial charge in [0.05, 0.1) is 0 Å². The molecule has 2 N–H and O–H groups in total. The highest BCUT2D eigenvalue weighted by atomic mass is 35.5. The first-order valence-corrected chi connectivity index (χ1v) is 4.78. The van der Waals surface area contributed by atoms with E-state index in [0.717, 1.165) is 0 Å². The molecule has 0 aliphatic carbocycles. The fourth-order valence-corrected chi connectivity index (χ4v) is 1.32. The van der Waals surface area contributed by atoms with E-state index in [2.05, 4.69) is 5.32 Å². The first kappa shape index (κ1) is 11.9. The third kappa shape index (κ3) is 3.85. The Kier molecular flexibility index (Phi) is 4.05. The Morgan fingerprint density at radius 2 is 2.27 bits per heavy atom. The molecule has 0 bridgehead atoms. The molecule has 1 aromatic rings. The molecule has 3 nitrogen and oxygen atoms in total. The van der Waals surface area contributed by atoms with Crippen LogP contribution in [0, 0.1) is 5.82 Å². The Labute approximate surface area is 91.9 Å². The van der Waals surface area contributed by atoms with Gasteiger partial charge in [-0.05, 0) is 30.7 Å². The van der Waals surface area contributed by atoms with Gasteiger partial charge in [-0.1, -0.05) is 11.6 Å². The number of carboxylic acids is 1. The largest absolute Gasteiger partial charge is 0.480 e.